The summed E-state index contributed by atoms with van der Waals surface area (Å²) in [5, 5.41) is 3.71. The highest BCUT2D eigenvalue weighted by Crippen LogP contribution is 2.33. The Morgan fingerprint density at radius 3 is 2.95 bits per heavy atom. The maximum atomic E-state index is 5.57. The van der Waals surface area contributed by atoms with E-state index >= 15 is 0 Å². The number of aryl methyl sites for hydroxylation is 1. The van der Waals surface area contributed by atoms with Crippen molar-refractivity contribution in [2.75, 3.05) is 20.6 Å². The lowest BCUT2D eigenvalue weighted by Crippen LogP contribution is -2.32. The van der Waals surface area contributed by atoms with Crippen LogP contribution in [0, 0.1) is 0 Å². The Morgan fingerprint density at radius 2 is 2.24 bits per heavy atom. The molecule has 112 valence electrons. The molecule has 0 fully saturated rings. The molecule has 2 unspecified atom stereocenters. The molecule has 0 spiro atoms. The SMILES string of the molecule is CN(C)C(CNC1CCc2cc(Br)ccc21)c1ccco1. The Balaban J connectivity index is 1.68. The summed E-state index contributed by atoms with van der Waals surface area (Å²) < 4.78 is 6.74. The van der Waals surface area contributed by atoms with Gasteiger partial charge >= 0.3 is 0 Å². The Bertz CT molecular complexity index is 595. The Hall–Kier alpha value is -1.10. The third-order valence-corrected chi connectivity index (χ3v) is 4.73. The van der Waals surface area contributed by atoms with E-state index < -0.39 is 0 Å². The van der Waals surface area contributed by atoms with Crippen molar-refractivity contribution in [2.45, 2.75) is 24.9 Å². The standard InChI is InChI=1S/C17H21BrN2O/c1-20(2)16(17-4-3-9-21-17)11-19-15-8-5-12-10-13(18)6-7-14(12)15/h3-4,6-7,9-10,15-16,19H,5,8,11H2,1-2H3. The number of fused-ring (bicyclic) bond motifs is 1. The molecule has 2 aromatic rings. The smallest absolute Gasteiger partial charge is 0.122 e. The van der Waals surface area contributed by atoms with E-state index in [1.54, 1.807) is 6.26 Å². The van der Waals surface area contributed by atoms with Crippen molar-refractivity contribution in [2.24, 2.45) is 0 Å². The van der Waals surface area contributed by atoms with E-state index in [2.05, 4.69) is 58.4 Å². The van der Waals surface area contributed by atoms with Crippen LogP contribution in [0.4, 0.5) is 0 Å². The van der Waals surface area contributed by atoms with E-state index in [9.17, 15) is 0 Å². The highest BCUT2D eigenvalue weighted by molar-refractivity contribution is 9.10. The maximum absolute atomic E-state index is 5.57. The number of furan rings is 1. The number of halogens is 1. The third kappa shape index (κ3) is 3.23. The monoisotopic (exact) mass is 348 g/mol. The van der Waals surface area contributed by atoms with E-state index in [0.29, 0.717) is 6.04 Å². The molecule has 1 N–H and O–H groups in total. The van der Waals surface area contributed by atoms with Crippen molar-refractivity contribution in [1.29, 1.82) is 0 Å². The van der Waals surface area contributed by atoms with Crippen LogP contribution in [0.15, 0.2) is 45.5 Å². The fourth-order valence-corrected chi connectivity index (χ4v) is 3.48. The van der Waals surface area contributed by atoms with Gasteiger partial charge in [-0.15, -0.1) is 0 Å². The molecule has 0 aliphatic heterocycles. The fraction of sp³-hybridized carbons (Fsp3) is 0.412. The summed E-state index contributed by atoms with van der Waals surface area (Å²) in [6, 6.07) is 11.3. The number of hydrogen-bond acceptors (Lipinski definition) is 3. The molecular weight excluding hydrogens is 328 g/mol. The molecule has 21 heavy (non-hydrogen) atoms. The van der Waals surface area contributed by atoms with E-state index in [-0.39, 0.29) is 6.04 Å². The Labute approximate surface area is 134 Å². The van der Waals surface area contributed by atoms with E-state index in [4.69, 9.17) is 4.42 Å². The predicted octanol–water partition coefficient (Wildman–Crippen LogP) is 3.92. The first-order chi connectivity index (χ1) is 10.1. The van der Waals surface area contributed by atoms with Crippen LogP contribution in [-0.4, -0.2) is 25.5 Å². The molecule has 3 rings (SSSR count). The molecular formula is C17H21BrN2O. The number of nitrogens with one attached hydrogen (secondary N) is 1. The lowest BCUT2D eigenvalue weighted by atomic mass is 10.1. The van der Waals surface area contributed by atoms with Crippen LogP contribution in [0.1, 0.15) is 35.4 Å². The number of rotatable bonds is 5. The van der Waals surface area contributed by atoms with Gasteiger partial charge in [0.25, 0.3) is 0 Å². The van der Waals surface area contributed by atoms with Crippen LogP contribution in [0.5, 0.6) is 0 Å². The van der Waals surface area contributed by atoms with E-state index in [1.807, 2.05) is 12.1 Å². The summed E-state index contributed by atoms with van der Waals surface area (Å²) in [6.45, 7) is 0.890. The molecule has 2 atom stereocenters. The molecule has 3 nitrogen and oxygen atoms in total. The van der Waals surface area contributed by atoms with Crippen molar-refractivity contribution in [3.63, 3.8) is 0 Å². The summed E-state index contributed by atoms with van der Waals surface area (Å²) in [7, 11) is 4.18. The quantitative estimate of drug-likeness (QED) is 0.887. The lowest BCUT2D eigenvalue weighted by Gasteiger charge is -2.25. The first-order valence-electron chi connectivity index (χ1n) is 7.36. The second-order valence-electron chi connectivity index (χ2n) is 5.84. The summed E-state index contributed by atoms with van der Waals surface area (Å²) in [4.78, 5) is 2.20. The fourth-order valence-electron chi connectivity index (χ4n) is 3.07. The average molecular weight is 349 g/mol. The van der Waals surface area contributed by atoms with Gasteiger partial charge in [0, 0.05) is 17.1 Å². The number of benzene rings is 1. The molecule has 4 heteroatoms. The first kappa shape index (κ1) is 14.8. The molecule has 1 aliphatic carbocycles. The van der Waals surface area contributed by atoms with Crippen molar-refractivity contribution in [3.05, 3.63) is 58.0 Å². The van der Waals surface area contributed by atoms with Crippen LogP contribution in [0.3, 0.4) is 0 Å². The van der Waals surface area contributed by atoms with Gasteiger partial charge in [-0.1, -0.05) is 22.0 Å². The normalized spacial score (nSPS) is 19.0. The second-order valence-corrected chi connectivity index (χ2v) is 6.75. The molecule has 1 aromatic heterocycles. The first-order valence-corrected chi connectivity index (χ1v) is 8.16. The van der Waals surface area contributed by atoms with Crippen LogP contribution in [0.25, 0.3) is 0 Å². The van der Waals surface area contributed by atoms with Gasteiger partial charge in [-0.05, 0) is 62.3 Å². The van der Waals surface area contributed by atoms with Gasteiger partial charge in [0.15, 0.2) is 0 Å². The van der Waals surface area contributed by atoms with Crippen LogP contribution in [-0.2, 0) is 6.42 Å². The average Bonchev–Trinajstić information content (AvgIpc) is 3.08. The predicted molar refractivity (Wildman–Crippen MR) is 88.3 cm³/mol. The van der Waals surface area contributed by atoms with Gasteiger partial charge in [-0.3, -0.25) is 4.90 Å². The van der Waals surface area contributed by atoms with E-state index in [0.717, 1.165) is 18.7 Å². The van der Waals surface area contributed by atoms with Gasteiger partial charge in [0.05, 0.1) is 12.3 Å². The Kier molecular flexibility index (Phi) is 4.48. The summed E-state index contributed by atoms with van der Waals surface area (Å²) in [5.41, 5.74) is 2.90. The molecule has 0 saturated heterocycles. The highest BCUT2D eigenvalue weighted by atomic mass is 79.9. The molecule has 1 aliphatic rings. The van der Waals surface area contributed by atoms with Gasteiger partial charge in [-0.25, -0.2) is 0 Å². The maximum Gasteiger partial charge on any atom is 0.122 e. The molecule has 0 amide bonds. The largest absolute Gasteiger partial charge is 0.468 e. The van der Waals surface area contributed by atoms with Crippen LogP contribution in [0.2, 0.25) is 0 Å². The molecule has 0 radical (unpaired) electrons. The molecule has 1 heterocycles. The van der Waals surface area contributed by atoms with Crippen molar-refractivity contribution >= 4 is 15.9 Å². The number of likely N-dealkylation sites (N-methyl/N-ethyl adjacent to an activating group) is 1. The molecule has 0 bridgehead atoms. The highest BCUT2D eigenvalue weighted by Gasteiger charge is 2.24. The lowest BCUT2D eigenvalue weighted by molar-refractivity contribution is 0.243. The summed E-state index contributed by atoms with van der Waals surface area (Å²) in [6.07, 6.45) is 4.07. The van der Waals surface area contributed by atoms with Crippen molar-refractivity contribution < 1.29 is 4.42 Å². The minimum absolute atomic E-state index is 0.263. The second kappa shape index (κ2) is 6.34. The zero-order chi connectivity index (χ0) is 14.8. The third-order valence-electron chi connectivity index (χ3n) is 4.24. The van der Waals surface area contributed by atoms with Crippen LogP contribution >= 0.6 is 15.9 Å². The van der Waals surface area contributed by atoms with Gasteiger partial charge in [-0.2, -0.15) is 0 Å². The minimum atomic E-state index is 0.263. The molecule has 0 saturated carbocycles. The minimum Gasteiger partial charge on any atom is -0.468 e. The summed E-state index contributed by atoms with van der Waals surface area (Å²) >= 11 is 3.55. The Morgan fingerprint density at radius 1 is 1.38 bits per heavy atom. The number of hydrogen-bond donors (Lipinski definition) is 1. The van der Waals surface area contributed by atoms with Gasteiger partial charge in [0.1, 0.15) is 5.76 Å². The van der Waals surface area contributed by atoms with Gasteiger partial charge in [0.2, 0.25) is 0 Å². The molecule has 1 aromatic carbocycles. The topological polar surface area (TPSA) is 28.4 Å². The van der Waals surface area contributed by atoms with Crippen molar-refractivity contribution in [3.8, 4) is 0 Å². The zero-order valence-corrected chi connectivity index (χ0v) is 14.1. The summed E-state index contributed by atoms with van der Waals surface area (Å²) in [5.74, 6) is 1.02. The number of nitrogens with zero attached hydrogens (tertiary/aromatic N) is 1. The van der Waals surface area contributed by atoms with Gasteiger partial charge < -0.3 is 9.73 Å². The van der Waals surface area contributed by atoms with Crippen molar-refractivity contribution in [1.82, 2.24) is 10.2 Å². The van der Waals surface area contributed by atoms with E-state index in [1.165, 1.54) is 22.0 Å². The van der Waals surface area contributed by atoms with Crippen LogP contribution < -0.4 is 5.32 Å². The zero-order valence-electron chi connectivity index (χ0n) is 12.5.